The van der Waals surface area contributed by atoms with E-state index in [1.807, 2.05) is 12.1 Å². The molecule has 0 nitrogen and oxygen atoms in total. The van der Waals surface area contributed by atoms with Gasteiger partial charge in [-0.3, -0.25) is 0 Å². The van der Waals surface area contributed by atoms with Crippen molar-refractivity contribution < 1.29 is 0 Å². The summed E-state index contributed by atoms with van der Waals surface area (Å²) in [7, 11) is 0. The zero-order valence-electron chi connectivity index (χ0n) is 7.43. The minimum Gasteiger partial charge on any atom is -0.118 e. The molecule has 2 rings (SSSR count). The van der Waals surface area contributed by atoms with Crippen LogP contribution in [0.4, 0.5) is 0 Å². The van der Waals surface area contributed by atoms with Crippen molar-refractivity contribution in [1.82, 2.24) is 0 Å². The number of alkyl halides is 1. The first-order valence-electron chi connectivity index (χ1n) is 4.47. The number of benzene rings is 1. The Kier molecular flexibility index (Phi) is 3.06. The lowest BCUT2D eigenvalue weighted by molar-refractivity contribution is 0.942. The fraction of sp³-hybridized carbons (Fsp3) is 0.273. The van der Waals surface area contributed by atoms with Gasteiger partial charge in [-0.25, -0.2) is 0 Å². The first kappa shape index (κ1) is 10.4. The van der Waals surface area contributed by atoms with E-state index in [4.69, 9.17) is 34.8 Å². The van der Waals surface area contributed by atoms with Crippen LogP contribution in [0.1, 0.15) is 18.4 Å². The van der Waals surface area contributed by atoms with Crippen LogP contribution in [0.15, 0.2) is 24.3 Å². The van der Waals surface area contributed by atoms with Gasteiger partial charge in [0.1, 0.15) is 0 Å². The van der Waals surface area contributed by atoms with Crippen molar-refractivity contribution in [3.63, 3.8) is 0 Å². The summed E-state index contributed by atoms with van der Waals surface area (Å²) in [6.45, 7) is 0. The summed E-state index contributed by atoms with van der Waals surface area (Å²) in [6, 6.07) is 5.68. The highest BCUT2D eigenvalue weighted by Gasteiger charge is 2.17. The van der Waals surface area contributed by atoms with Crippen LogP contribution in [0.5, 0.6) is 0 Å². The van der Waals surface area contributed by atoms with Crippen molar-refractivity contribution in [2.45, 2.75) is 18.2 Å². The highest BCUT2D eigenvalue weighted by atomic mass is 35.5. The Bertz CT molecular complexity index is 382. The average molecular weight is 248 g/mol. The zero-order chi connectivity index (χ0) is 10.1. The average Bonchev–Trinajstić information content (AvgIpc) is 2.57. The zero-order valence-corrected chi connectivity index (χ0v) is 9.70. The maximum absolute atomic E-state index is 6.11. The quantitative estimate of drug-likeness (QED) is 0.627. The molecule has 0 bridgehead atoms. The predicted molar refractivity (Wildman–Crippen MR) is 63.3 cm³/mol. The molecule has 1 unspecified atom stereocenters. The molecule has 74 valence electrons. The molecule has 0 radical (unpaired) electrons. The molecule has 0 N–H and O–H groups in total. The summed E-state index contributed by atoms with van der Waals surface area (Å²) in [4.78, 5) is 0. The molecule has 3 heteroatoms. The number of halogens is 3. The normalized spacial score (nSPS) is 21.1. The molecule has 0 amide bonds. The Labute approximate surface area is 98.5 Å². The van der Waals surface area contributed by atoms with Crippen molar-refractivity contribution in [3.05, 3.63) is 39.9 Å². The fourth-order valence-corrected chi connectivity index (χ4v) is 2.34. The van der Waals surface area contributed by atoms with E-state index >= 15 is 0 Å². The van der Waals surface area contributed by atoms with E-state index in [2.05, 4.69) is 6.08 Å². The van der Waals surface area contributed by atoms with E-state index < -0.39 is 0 Å². The van der Waals surface area contributed by atoms with Gasteiger partial charge in [-0.05, 0) is 30.0 Å². The molecule has 0 spiro atoms. The standard InChI is InChI=1S/C11H9Cl3/c12-8-5-4-7(6-8)9-2-1-3-10(13)11(9)14/h1-3,6,8H,4-5H2. The van der Waals surface area contributed by atoms with Crippen molar-refractivity contribution >= 4 is 40.4 Å². The monoisotopic (exact) mass is 246 g/mol. The van der Waals surface area contributed by atoms with Crippen molar-refractivity contribution in [1.29, 1.82) is 0 Å². The molecule has 1 aromatic carbocycles. The smallest absolute Gasteiger partial charge is 0.0667 e. The van der Waals surface area contributed by atoms with Crippen LogP contribution in [-0.4, -0.2) is 5.38 Å². The highest BCUT2D eigenvalue weighted by Crippen LogP contribution is 2.36. The summed E-state index contributed by atoms with van der Waals surface area (Å²) in [5.74, 6) is 0. The predicted octanol–water partition coefficient (Wildman–Crippen LogP) is 4.78. The molecule has 0 fully saturated rings. The second-order valence-electron chi connectivity index (χ2n) is 3.35. The van der Waals surface area contributed by atoms with E-state index in [1.54, 1.807) is 6.07 Å². The van der Waals surface area contributed by atoms with Gasteiger partial charge in [0.15, 0.2) is 0 Å². The Balaban J connectivity index is 2.42. The van der Waals surface area contributed by atoms with E-state index in [0.29, 0.717) is 10.0 Å². The molecule has 1 atom stereocenters. The van der Waals surface area contributed by atoms with Gasteiger partial charge in [0.25, 0.3) is 0 Å². The van der Waals surface area contributed by atoms with Gasteiger partial charge in [-0.1, -0.05) is 41.4 Å². The molecule has 1 aliphatic rings. The number of allylic oxidation sites excluding steroid dienone is 2. The fourth-order valence-electron chi connectivity index (χ4n) is 1.65. The lowest BCUT2D eigenvalue weighted by Gasteiger charge is -2.05. The third kappa shape index (κ3) is 1.93. The molecule has 0 heterocycles. The molecule has 0 saturated carbocycles. The Morgan fingerprint density at radius 3 is 2.64 bits per heavy atom. The summed E-state index contributed by atoms with van der Waals surface area (Å²) in [5, 5.41) is 1.37. The molecule has 1 aliphatic carbocycles. The second-order valence-corrected chi connectivity index (χ2v) is 4.69. The largest absolute Gasteiger partial charge is 0.118 e. The third-order valence-electron chi connectivity index (χ3n) is 2.37. The van der Waals surface area contributed by atoms with E-state index in [1.165, 1.54) is 5.57 Å². The van der Waals surface area contributed by atoms with Crippen LogP contribution < -0.4 is 0 Å². The van der Waals surface area contributed by atoms with E-state index in [9.17, 15) is 0 Å². The Morgan fingerprint density at radius 1 is 1.21 bits per heavy atom. The number of rotatable bonds is 1. The molecule has 0 aliphatic heterocycles. The van der Waals surface area contributed by atoms with E-state index in [0.717, 1.165) is 18.4 Å². The van der Waals surface area contributed by atoms with Gasteiger partial charge in [0.2, 0.25) is 0 Å². The van der Waals surface area contributed by atoms with Gasteiger partial charge in [0, 0.05) is 0 Å². The number of hydrogen-bond donors (Lipinski definition) is 0. The molecular weight excluding hydrogens is 238 g/mol. The van der Waals surface area contributed by atoms with Gasteiger partial charge in [-0.2, -0.15) is 0 Å². The van der Waals surface area contributed by atoms with Gasteiger partial charge < -0.3 is 0 Å². The Morgan fingerprint density at radius 2 is 2.00 bits per heavy atom. The van der Waals surface area contributed by atoms with Crippen LogP contribution >= 0.6 is 34.8 Å². The Hall–Kier alpha value is -0.170. The van der Waals surface area contributed by atoms with Crippen LogP contribution in [0.25, 0.3) is 5.57 Å². The molecule has 1 aromatic rings. The highest BCUT2D eigenvalue weighted by molar-refractivity contribution is 6.43. The molecule has 0 aromatic heterocycles. The lowest BCUT2D eigenvalue weighted by Crippen LogP contribution is -1.83. The van der Waals surface area contributed by atoms with Crippen LogP contribution in [0, 0.1) is 0 Å². The SMILES string of the molecule is Clc1cccc(C2=CC(Cl)CC2)c1Cl. The topological polar surface area (TPSA) is 0 Å². The lowest BCUT2D eigenvalue weighted by atomic mass is 10.1. The van der Waals surface area contributed by atoms with Gasteiger partial charge in [0.05, 0.1) is 15.4 Å². The van der Waals surface area contributed by atoms with Crippen LogP contribution in [-0.2, 0) is 0 Å². The summed E-state index contributed by atoms with van der Waals surface area (Å²) >= 11 is 18.0. The molecular formula is C11H9Cl3. The van der Waals surface area contributed by atoms with E-state index in [-0.39, 0.29) is 5.38 Å². The summed E-state index contributed by atoms with van der Waals surface area (Å²) in [5.41, 5.74) is 2.22. The maximum atomic E-state index is 6.11. The number of hydrogen-bond acceptors (Lipinski definition) is 0. The minimum absolute atomic E-state index is 0.139. The summed E-state index contributed by atoms with van der Waals surface area (Å²) in [6.07, 6.45) is 4.02. The third-order valence-corrected chi connectivity index (χ3v) is 3.53. The minimum atomic E-state index is 0.139. The first-order valence-corrected chi connectivity index (χ1v) is 5.67. The van der Waals surface area contributed by atoms with Gasteiger partial charge >= 0.3 is 0 Å². The molecule has 14 heavy (non-hydrogen) atoms. The first-order chi connectivity index (χ1) is 6.68. The van der Waals surface area contributed by atoms with Crippen molar-refractivity contribution in [2.75, 3.05) is 0 Å². The van der Waals surface area contributed by atoms with Crippen molar-refractivity contribution in [3.8, 4) is 0 Å². The van der Waals surface area contributed by atoms with Gasteiger partial charge in [-0.15, -0.1) is 11.6 Å². The second kappa shape index (κ2) is 4.14. The molecule has 0 saturated heterocycles. The summed E-state index contributed by atoms with van der Waals surface area (Å²) < 4.78 is 0. The van der Waals surface area contributed by atoms with Crippen LogP contribution in [0.3, 0.4) is 0 Å². The van der Waals surface area contributed by atoms with Crippen molar-refractivity contribution in [2.24, 2.45) is 0 Å². The maximum Gasteiger partial charge on any atom is 0.0667 e. The van der Waals surface area contributed by atoms with Crippen LogP contribution in [0.2, 0.25) is 10.0 Å².